The molecule has 1 unspecified atom stereocenters. The summed E-state index contributed by atoms with van der Waals surface area (Å²) in [5.74, 6) is -0.0547. The molecule has 0 radical (unpaired) electrons. The highest BCUT2D eigenvalue weighted by Crippen LogP contribution is 2.24. The predicted octanol–water partition coefficient (Wildman–Crippen LogP) is 2.89. The topological polar surface area (TPSA) is 44.1 Å². The lowest BCUT2D eigenvalue weighted by Crippen LogP contribution is -2.34. The number of halogens is 1. The number of carbonyl (C=O) groups excluding carboxylic acids is 1. The van der Waals surface area contributed by atoms with Crippen LogP contribution in [0.4, 0.5) is 0 Å². The molecule has 0 spiro atoms. The Labute approximate surface area is 109 Å². The molecule has 0 N–H and O–H groups in total. The lowest BCUT2D eigenvalue weighted by atomic mass is 10.1. The maximum absolute atomic E-state index is 12.3. The van der Waals surface area contributed by atoms with Crippen LogP contribution >= 0.6 is 15.9 Å². The van der Waals surface area contributed by atoms with Crippen molar-refractivity contribution in [3.63, 3.8) is 0 Å². The van der Waals surface area contributed by atoms with E-state index < -0.39 is 0 Å². The van der Waals surface area contributed by atoms with Gasteiger partial charge in [-0.2, -0.15) is 5.26 Å². The molecule has 3 nitrogen and oxygen atoms in total. The van der Waals surface area contributed by atoms with Crippen LogP contribution < -0.4 is 0 Å². The number of carbonyl (C=O) groups is 1. The largest absolute Gasteiger partial charge is 0.323 e. The zero-order valence-corrected chi connectivity index (χ0v) is 11.2. The highest BCUT2D eigenvalue weighted by atomic mass is 79.9. The van der Waals surface area contributed by atoms with Gasteiger partial charge in [0.2, 0.25) is 0 Å². The Hall–Kier alpha value is -1.34. The second kappa shape index (κ2) is 4.89. The zero-order valence-electron chi connectivity index (χ0n) is 9.61. The molecule has 1 saturated heterocycles. The van der Waals surface area contributed by atoms with Crippen molar-refractivity contribution in [3.05, 3.63) is 33.8 Å². The average Bonchev–Trinajstić information content (AvgIpc) is 2.76. The standard InChI is InChI=1S/C13H13BrN2O/c1-9-4-5-11(12(14)7-9)13(17)16-6-2-3-10(16)8-15/h4-5,7,10H,2-3,6H2,1H3. The molecule has 1 aromatic rings. The van der Waals surface area contributed by atoms with Crippen LogP contribution in [0.25, 0.3) is 0 Å². The van der Waals surface area contributed by atoms with Gasteiger partial charge in [-0.3, -0.25) is 4.79 Å². The number of likely N-dealkylation sites (tertiary alicyclic amines) is 1. The molecule has 1 aromatic carbocycles. The Morgan fingerprint density at radius 3 is 3.00 bits per heavy atom. The van der Waals surface area contributed by atoms with Crippen LogP contribution in [-0.4, -0.2) is 23.4 Å². The Balaban J connectivity index is 2.28. The maximum Gasteiger partial charge on any atom is 0.256 e. The normalized spacial score (nSPS) is 19.1. The van der Waals surface area contributed by atoms with Gasteiger partial charge in [0.15, 0.2) is 0 Å². The van der Waals surface area contributed by atoms with Crippen LogP contribution in [-0.2, 0) is 0 Å². The number of aryl methyl sites for hydroxylation is 1. The summed E-state index contributed by atoms with van der Waals surface area (Å²) >= 11 is 3.41. The fourth-order valence-electron chi connectivity index (χ4n) is 2.09. The Morgan fingerprint density at radius 2 is 2.35 bits per heavy atom. The van der Waals surface area contributed by atoms with Crippen LogP contribution in [0.15, 0.2) is 22.7 Å². The highest BCUT2D eigenvalue weighted by molar-refractivity contribution is 9.10. The molecule has 4 heteroatoms. The summed E-state index contributed by atoms with van der Waals surface area (Å²) in [5, 5.41) is 8.99. The first kappa shape index (κ1) is 12.1. The van der Waals surface area contributed by atoms with Crippen LogP contribution in [0.1, 0.15) is 28.8 Å². The van der Waals surface area contributed by atoms with Crippen LogP contribution in [0.2, 0.25) is 0 Å². The summed E-state index contributed by atoms with van der Waals surface area (Å²) in [6.07, 6.45) is 1.69. The fourth-order valence-corrected chi connectivity index (χ4v) is 2.76. The van der Waals surface area contributed by atoms with Crippen molar-refractivity contribution in [2.45, 2.75) is 25.8 Å². The van der Waals surface area contributed by atoms with Crippen LogP contribution in [0.5, 0.6) is 0 Å². The molecule has 1 atom stereocenters. The summed E-state index contributed by atoms with van der Waals surface area (Å²) in [4.78, 5) is 14.0. The fraction of sp³-hybridized carbons (Fsp3) is 0.385. The number of amides is 1. The average molecular weight is 293 g/mol. The van der Waals surface area contributed by atoms with E-state index in [0.29, 0.717) is 12.1 Å². The number of hydrogen-bond acceptors (Lipinski definition) is 2. The van der Waals surface area contributed by atoms with E-state index in [1.54, 1.807) is 4.90 Å². The van der Waals surface area contributed by atoms with Crippen molar-refractivity contribution >= 4 is 21.8 Å². The van der Waals surface area contributed by atoms with E-state index in [9.17, 15) is 4.79 Å². The smallest absolute Gasteiger partial charge is 0.256 e. The second-order valence-corrected chi connectivity index (χ2v) is 5.12. The number of hydrogen-bond donors (Lipinski definition) is 0. The summed E-state index contributed by atoms with van der Waals surface area (Å²) < 4.78 is 0.797. The van der Waals surface area contributed by atoms with Gasteiger partial charge in [-0.15, -0.1) is 0 Å². The third-order valence-corrected chi connectivity index (χ3v) is 3.67. The predicted molar refractivity (Wildman–Crippen MR) is 68.6 cm³/mol. The molecule has 1 heterocycles. The highest BCUT2D eigenvalue weighted by Gasteiger charge is 2.29. The van der Waals surface area contributed by atoms with Crippen molar-refractivity contribution in [3.8, 4) is 6.07 Å². The summed E-state index contributed by atoms with van der Waals surface area (Å²) in [6, 6.07) is 7.56. The first-order valence-electron chi connectivity index (χ1n) is 5.60. The van der Waals surface area contributed by atoms with Gasteiger partial charge in [0.05, 0.1) is 11.6 Å². The van der Waals surface area contributed by atoms with Gasteiger partial charge >= 0.3 is 0 Å². The van der Waals surface area contributed by atoms with Crippen molar-refractivity contribution in [1.82, 2.24) is 4.90 Å². The van der Waals surface area contributed by atoms with E-state index in [1.807, 2.05) is 25.1 Å². The van der Waals surface area contributed by atoms with E-state index >= 15 is 0 Å². The molecule has 17 heavy (non-hydrogen) atoms. The lowest BCUT2D eigenvalue weighted by Gasteiger charge is -2.20. The van der Waals surface area contributed by atoms with Crippen molar-refractivity contribution in [1.29, 1.82) is 5.26 Å². The van der Waals surface area contributed by atoms with Gasteiger partial charge in [0.1, 0.15) is 6.04 Å². The van der Waals surface area contributed by atoms with E-state index in [1.165, 1.54) is 0 Å². The van der Waals surface area contributed by atoms with Gasteiger partial charge in [0.25, 0.3) is 5.91 Å². The molecule has 0 aromatic heterocycles. The molecular weight excluding hydrogens is 280 g/mol. The SMILES string of the molecule is Cc1ccc(C(=O)N2CCCC2C#N)c(Br)c1. The monoisotopic (exact) mass is 292 g/mol. The summed E-state index contributed by atoms with van der Waals surface area (Å²) in [6.45, 7) is 2.66. The van der Waals surface area contributed by atoms with Crippen molar-refractivity contribution in [2.24, 2.45) is 0 Å². The molecule has 1 amide bonds. The molecule has 1 fully saturated rings. The Bertz CT molecular complexity index is 493. The number of nitrogens with zero attached hydrogens (tertiary/aromatic N) is 2. The minimum atomic E-state index is -0.268. The molecule has 88 valence electrons. The summed E-state index contributed by atoms with van der Waals surface area (Å²) in [5.41, 5.74) is 1.74. The third kappa shape index (κ3) is 2.34. The second-order valence-electron chi connectivity index (χ2n) is 4.27. The number of nitriles is 1. The van der Waals surface area contributed by atoms with E-state index in [-0.39, 0.29) is 11.9 Å². The van der Waals surface area contributed by atoms with Gasteiger partial charge in [0, 0.05) is 11.0 Å². The van der Waals surface area contributed by atoms with Gasteiger partial charge in [-0.1, -0.05) is 6.07 Å². The minimum Gasteiger partial charge on any atom is -0.323 e. The van der Waals surface area contributed by atoms with E-state index in [2.05, 4.69) is 22.0 Å². The molecule has 0 bridgehead atoms. The molecular formula is C13H13BrN2O. The molecule has 1 aliphatic heterocycles. The van der Waals surface area contributed by atoms with Gasteiger partial charge < -0.3 is 4.90 Å². The molecule has 0 saturated carbocycles. The first-order chi connectivity index (χ1) is 8.13. The van der Waals surface area contributed by atoms with Gasteiger partial charge in [-0.05, 0) is 53.4 Å². The zero-order chi connectivity index (χ0) is 12.4. The van der Waals surface area contributed by atoms with Crippen LogP contribution in [0, 0.1) is 18.3 Å². The lowest BCUT2D eigenvalue weighted by molar-refractivity contribution is 0.0764. The molecule has 2 rings (SSSR count). The quantitative estimate of drug-likeness (QED) is 0.799. The third-order valence-electron chi connectivity index (χ3n) is 3.02. The first-order valence-corrected chi connectivity index (χ1v) is 6.39. The van der Waals surface area contributed by atoms with E-state index in [4.69, 9.17) is 5.26 Å². The van der Waals surface area contributed by atoms with Crippen LogP contribution in [0.3, 0.4) is 0 Å². The van der Waals surface area contributed by atoms with Crippen molar-refractivity contribution < 1.29 is 4.79 Å². The number of rotatable bonds is 1. The number of benzene rings is 1. The molecule has 0 aliphatic carbocycles. The Morgan fingerprint density at radius 1 is 1.59 bits per heavy atom. The summed E-state index contributed by atoms with van der Waals surface area (Å²) in [7, 11) is 0. The Kier molecular flexibility index (Phi) is 3.49. The van der Waals surface area contributed by atoms with Gasteiger partial charge in [-0.25, -0.2) is 0 Å². The van der Waals surface area contributed by atoms with E-state index in [0.717, 1.165) is 22.9 Å². The van der Waals surface area contributed by atoms with Crippen molar-refractivity contribution in [2.75, 3.05) is 6.54 Å². The molecule has 1 aliphatic rings. The minimum absolute atomic E-state index is 0.0547. The maximum atomic E-state index is 12.3.